The van der Waals surface area contributed by atoms with Gasteiger partial charge in [0.2, 0.25) is 0 Å². The second-order valence-corrected chi connectivity index (χ2v) is 6.81. The molecule has 1 spiro atoms. The van der Waals surface area contributed by atoms with Crippen LogP contribution in [0.2, 0.25) is 5.02 Å². The van der Waals surface area contributed by atoms with E-state index in [-0.39, 0.29) is 5.91 Å². The molecule has 1 aliphatic heterocycles. The minimum absolute atomic E-state index is 0.289. The van der Waals surface area contributed by atoms with Crippen LogP contribution in [0, 0.1) is 0 Å². The van der Waals surface area contributed by atoms with Gasteiger partial charge in [0.25, 0.3) is 5.91 Å². The van der Waals surface area contributed by atoms with Crippen LogP contribution in [-0.4, -0.2) is 42.4 Å². The van der Waals surface area contributed by atoms with Crippen molar-refractivity contribution in [2.24, 2.45) is 5.10 Å². The van der Waals surface area contributed by atoms with Crippen LogP contribution in [0.15, 0.2) is 17.2 Å². The molecule has 1 heterocycles. The average Bonchev–Trinajstić information content (AvgIpc) is 2.84. The van der Waals surface area contributed by atoms with Gasteiger partial charge < -0.3 is 14.8 Å². The van der Waals surface area contributed by atoms with E-state index in [9.17, 15) is 9.59 Å². The van der Waals surface area contributed by atoms with Gasteiger partial charge in [-0.25, -0.2) is 4.79 Å². The third-order valence-corrected chi connectivity index (χ3v) is 4.99. The van der Waals surface area contributed by atoms with Crippen molar-refractivity contribution in [2.75, 3.05) is 13.7 Å². The Morgan fingerprint density at radius 1 is 1.31 bits per heavy atom. The SMILES string of the molecule is CCOc1cc(/C=N\N2C(=O)NC3(CCCCC3)C2=O)cc(Cl)c1OC. The lowest BCUT2D eigenvalue weighted by atomic mass is 9.82. The van der Waals surface area contributed by atoms with Gasteiger partial charge >= 0.3 is 6.03 Å². The number of urea groups is 1. The van der Waals surface area contributed by atoms with Crippen LogP contribution >= 0.6 is 11.6 Å². The number of carbonyl (C=O) groups excluding carboxylic acids is 2. The standard InChI is InChI=1S/C18H22ClN3O4/c1-3-26-14-10-12(9-13(19)15(14)25-2)11-20-22-16(23)18(21-17(22)24)7-5-4-6-8-18/h9-11H,3-8H2,1-2H3,(H,21,24)/b20-11-. The molecule has 26 heavy (non-hydrogen) atoms. The van der Waals surface area contributed by atoms with E-state index in [1.807, 2.05) is 6.92 Å². The number of carbonyl (C=O) groups is 2. The largest absolute Gasteiger partial charge is 0.491 e. The second-order valence-electron chi connectivity index (χ2n) is 6.40. The van der Waals surface area contributed by atoms with Crippen LogP contribution in [0.4, 0.5) is 4.79 Å². The van der Waals surface area contributed by atoms with Crippen molar-refractivity contribution in [3.05, 3.63) is 22.7 Å². The highest BCUT2D eigenvalue weighted by Gasteiger charge is 2.51. The van der Waals surface area contributed by atoms with E-state index in [1.165, 1.54) is 13.3 Å². The quantitative estimate of drug-likeness (QED) is 0.628. The van der Waals surface area contributed by atoms with Crippen LogP contribution in [0.5, 0.6) is 11.5 Å². The molecule has 0 atom stereocenters. The van der Waals surface area contributed by atoms with Gasteiger partial charge in [-0.2, -0.15) is 5.10 Å². The first-order valence-corrected chi connectivity index (χ1v) is 9.09. The first-order valence-electron chi connectivity index (χ1n) is 8.72. The zero-order valence-electron chi connectivity index (χ0n) is 14.9. The molecule has 0 bridgehead atoms. The lowest BCUT2D eigenvalue weighted by Gasteiger charge is -2.29. The number of amides is 3. The summed E-state index contributed by atoms with van der Waals surface area (Å²) in [5, 5.41) is 8.18. The summed E-state index contributed by atoms with van der Waals surface area (Å²) >= 11 is 6.21. The summed E-state index contributed by atoms with van der Waals surface area (Å²) < 4.78 is 10.8. The number of methoxy groups -OCH3 is 1. The highest BCUT2D eigenvalue weighted by atomic mass is 35.5. The van der Waals surface area contributed by atoms with Gasteiger partial charge in [0.15, 0.2) is 11.5 Å². The Morgan fingerprint density at radius 3 is 2.69 bits per heavy atom. The summed E-state index contributed by atoms with van der Waals surface area (Å²) in [6.07, 6.45) is 5.68. The lowest BCUT2D eigenvalue weighted by Crippen LogP contribution is -2.48. The van der Waals surface area contributed by atoms with Crippen molar-refractivity contribution in [1.82, 2.24) is 10.3 Å². The normalized spacial score (nSPS) is 19.3. The maximum Gasteiger partial charge on any atom is 0.346 e. The van der Waals surface area contributed by atoms with Crippen molar-refractivity contribution >= 4 is 29.8 Å². The molecule has 1 N–H and O–H groups in total. The van der Waals surface area contributed by atoms with E-state index in [2.05, 4.69) is 10.4 Å². The lowest BCUT2D eigenvalue weighted by molar-refractivity contribution is -0.132. The predicted molar refractivity (Wildman–Crippen MR) is 98.0 cm³/mol. The van der Waals surface area contributed by atoms with Crippen LogP contribution in [0.25, 0.3) is 0 Å². The Kier molecular flexibility index (Phi) is 5.36. The van der Waals surface area contributed by atoms with Gasteiger partial charge in [-0.3, -0.25) is 4.79 Å². The van der Waals surface area contributed by atoms with E-state index in [4.69, 9.17) is 21.1 Å². The summed E-state index contributed by atoms with van der Waals surface area (Å²) in [4.78, 5) is 24.9. The fraction of sp³-hybridized carbons (Fsp3) is 0.500. The average molecular weight is 380 g/mol. The van der Waals surface area contributed by atoms with Crippen LogP contribution < -0.4 is 14.8 Å². The molecule has 7 nitrogen and oxygen atoms in total. The number of nitrogens with one attached hydrogen (secondary N) is 1. The van der Waals surface area contributed by atoms with Crippen LogP contribution in [0.1, 0.15) is 44.6 Å². The van der Waals surface area contributed by atoms with Gasteiger partial charge in [-0.15, -0.1) is 5.01 Å². The molecule has 3 rings (SSSR count). The third-order valence-electron chi connectivity index (χ3n) is 4.71. The number of hydrazone groups is 1. The van der Waals surface area contributed by atoms with Crippen LogP contribution in [-0.2, 0) is 4.79 Å². The Hall–Kier alpha value is -2.28. The number of hydrogen-bond acceptors (Lipinski definition) is 5. The molecule has 0 radical (unpaired) electrons. The minimum atomic E-state index is -0.791. The number of nitrogens with zero attached hydrogens (tertiary/aromatic N) is 2. The number of rotatable bonds is 5. The summed E-state index contributed by atoms with van der Waals surface area (Å²) in [5.74, 6) is 0.620. The monoisotopic (exact) mass is 379 g/mol. The molecule has 140 valence electrons. The topological polar surface area (TPSA) is 80.2 Å². The second kappa shape index (κ2) is 7.53. The number of benzene rings is 1. The van der Waals surface area contributed by atoms with E-state index in [1.54, 1.807) is 12.1 Å². The van der Waals surface area contributed by atoms with E-state index in [0.29, 0.717) is 41.5 Å². The Bertz CT molecular complexity index is 744. The van der Waals surface area contributed by atoms with Gasteiger partial charge in [0, 0.05) is 0 Å². The van der Waals surface area contributed by atoms with Crippen molar-refractivity contribution in [1.29, 1.82) is 0 Å². The summed E-state index contributed by atoms with van der Waals surface area (Å²) in [7, 11) is 1.51. The molecular formula is C18H22ClN3O4. The van der Waals surface area contributed by atoms with Gasteiger partial charge in [-0.1, -0.05) is 30.9 Å². The molecule has 1 saturated heterocycles. The van der Waals surface area contributed by atoms with Crippen molar-refractivity contribution in [3.8, 4) is 11.5 Å². The molecule has 1 aromatic rings. The van der Waals surface area contributed by atoms with Gasteiger partial charge in [0.05, 0.1) is 25.0 Å². The Balaban J connectivity index is 1.83. The smallest absolute Gasteiger partial charge is 0.346 e. The number of halogens is 1. The Morgan fingerprint density at radius 2 is 2.04 bits per heavy atom. The molecule has 2 fully saturated rings. The number of imide groups is 1. The Labute approximate surface area is 157 Å². The summed E-state index contributed by atoms with van der Waals surface area (Å²) in [6.45, 7) is 2.30. The zero-order valence-corrected chi connectivity index (χ0v) is 15.6. The molecule has 8 heteroatoms. The van der Waals surface area contributed by atoms with Gasteiger partial charge in [-0.05, 0) is 37.5 Å². The van der Waals surface area contributed by atoms with E-state index >= 15 is 0 Å². The number of hydrogen-bond donors (Lipinski definition) is 1. The van der Waals surface area contributed by atoms with Crippen molar-refractivity contribution in [2.45, 2.75) is 44.6 Å². The molecule has 1 aromatic carbocycles. The third kappa shape index (κ3) is 3.35. The van der Waals surface area contributed by atoms with E-state index < -0.39 is 11.6 Å². The molecule has 1 saturated carbocycles. The fourth-order valence-corrected chi connectivity index (χ4v) is 3.75. The molecule has 1 aliphatic carbocycles. The highest BCUT2D eigenvalue weighted by Crippen LogP contribution is 2.36. The molecule has 0 aromatic heterocycles. The van der Waals surface area contributed by atoms with Crippen LogP contribution in [0.3, 0.4) is 0 Å². The molecule has 3 amide bonds. The van der Waals surface area contributed by atoms with Gasteiger partial charge in [0.1, 0.15) is 5.54 Å². The number of ether oxygens (including phenoxy) is 2. The van der Waals surface area contributed by atoms with E-state index in [0.717, 1.165) is 24.3 Å². The molecular weight excluding hydrogens is 358 g/mol. The summed E-state index contributed by atoms with van der Waals surface area (Å²) in [5.41, 5.74) is -0.190. The van der Waals surface area contributed by atoms with Crippen molar-refractivity contribution < 1.29 is 19.1 Å². The molecule has 0 unspecified atom stereocenters. The maximum absolute atomic E-state index is 12.7. The highest BCUT2D eigenvalue weighted by molar-refractivity contribution is 6.32. The molecule has 2 aliphatic rings. The fourth-order valence-electron chi connectivity index (χ4n) is 3.45. The minimum Gasteiger partial charge on any atom is -0.491 e. The van der Waals surface area contributed by atoms with Crippen molar-refractivity contribution in [3.63, 3.8) is 0 Å². The zero-order chi connectivity index (χ0) is 18.7. The summed E-state index contributed by atoms with van der Waals surface area (Å²) in [6, 6.07) is 2.85. The maximum atomic E-state index is 12.7. The first kappa shape index (κ1) is 18.5. The predicted octanol–water partition coefficient (Wildman–Crippen LogP) is 3.34. The first-order chi connectivity index (χ1) is 12.5.